The molecular formula is C34H38N2O4S. The molecule has 0 bridgehead atoms. The maximum atomic E-state index is 13.2. The van der Waals surface area contributed by atoms with Crippen molar-refractivity contribution in [3.05, 3.63) is 120 Å². The van der Waals surface area contributed by atoms with Crippen LogP contribution in [0.3, 0.4) is 0 Å². The fourth-order valence-corrected chi connectivity index (χ4v) is 5.62. The summed E-state index contributed by atoms with van der Waals surface area (Å²) in [4.78, 5) is 17.3. The number of hydrogen-bond donors (Lipinski definition) is 1. The largest absolute Gasteiger partial charge is 0.312 e. The Bertz CT molecular complexity index is 1530. The van der Waals surface area contributed by atoms with Gasteiger partial charge in [0.05, 0.1) is 4.90 Å². The normalized spacial score (nSPS) is 14.7. The molecule has 1 amide bonds. The number of carbonyl (C=O) groups is 1. The van der Waals surface area contributed by atoms with Crippen LogP contribution in [-0.4, -0.2) is 51.0 Å². The van der Waals surface area contributed by atoms with Crippen LogP contribution >= 0.6 is 0 Å². The van der Waals surface area contributed by atoms with E-state index in [-0.39, 0.29) is 10.8 Å². The molecule has 0 fully saturated rings. The Kier molecular flexibility index (Phi) is 10.1. The molecule has 0 spiro atoms. The molecule has 0 saturated carbocycles. The minimum Gasteiger partial charge on any atom is -0.312 e. The molecular weight excluding hydrogens is 532 g/mol. The van der Waals surface area contributed by atoms with Gasteiger partial charge in [-0.25, -0.2) is 0 Å². The average molecular weight is 571 g/mol. The number of benzene rings is 4. The van der Waals surface area contributed by atoms with Gasteiger partial charge in [-0.05, 0) is 80.2 Å². The summed E-state index contributed by atoms with van der Waals surface area (Å²) < 4.78 is 29.6. The quantitative estimate of drug-likeness (QED) is 0.264. The molecule has 0 aromatic heterocycles. The highest BCUT2D eigenvalue weighted by Crippen LogP contribution is 2.30. The van der Waals surface area contributed by atoms with Gasteiger partial charge < -0.3 is 9.80 Å². The lowest BCUT2D eigenvalue weighted by atomic mass is 9.91. The van der Waals surface area contributed by atoms with Crippen molar-refractivity contribution in [2.24, 2.45) is 5.92 Å². The Morgan fingerprint density at radius 1 is 0.854 bits per heavy atom. The first-order valence-corrected chi connectivity index (χ1v) is 15.3. The van der Waals surface area contributed by atoms with E-state index >= 15 is 0 Å². The second-order valence-corrected chi connectivity index (χ2v) is 12.2. The SMILES string of the molecule is CN(C)CC1Cc2ccccc2N(C(=O)CCc2ccc(-c3ccccc3)cc2)C1.Cc1ccc(S(=O)(=O)O)cc1. The molecule has 4 aromatic rings. The van der Waals surface area contributed by atoms with Crippen molar-refractivity contribution in [2.75, 3.05) is 32.1 Å². The number of fused-ring (bicyclic) bond motifs is 1. The summed E-state index contributed by atoms with van der Waals surface area (Å²) in [7, 11) is 0.186. The predicted octanol–water partition coefficient (Wildman–Crippen LogP) is 6.30. The van der Waals surface area contributed by atoms with E-state index in [1.54, 1.807) is 12.1 Å². The third kappa shape index (κ3) is 8.60. The fourth-order valence-electron chi connectivity index (χ4n) is 5.14. The van der Waals surface area contributed by atoms with Crippen molar-refractivity contribution >= 4 is 21.7 Å². The molecule has 1 heterocycles. The van der Waals surface area contributed by atoms with Gasteiger partial charge in [0.1, 0.15) is 0 Å². The van der Waals surface area contributed by atoms with Crippen LogP contribution in [0.5, 0.6) is 0 Å². The topological polar surface area (TPSA) is 77.9 Å². The van der Waals surface area contributed by atoms with E-state index in [0.717, 1.165) is 37.2 Å². The van der Waals surface area contributed by atoms with Gasteiger partial charge in [-0.1, -0.05) is 90.5 Å². The van der Waals surface area contributed by atoms with Crippen molar-refractivity contribution in [2.45, 2.75) is 31.1 Å². The number of nitrogens with zero attached hydrogens (tertiary/aromatic N) is 2. The molecule has 7 heteroatoms. The summed E-state index contributed by atoms with van der Waals surface area (Å²) in [5, 5.41) is 0. The first kappa shape index (κ1) is 30.2. The molecule has 41 heavy (non-hydrogen) atoms. The minimum atomic E-state index is -4.02. The summed E-state index contributed by atoms with van der Waals surface area (Å²) in [6.07, 6.45) is 2.34. The van der Waals surface area contributed by atoms with E-state index in [0.29, 0.717) is 12.3 Å². The van der Waals surface area contributed by atoms with Crippen LogP contribution in [0.15, 0.2) is 108 Å². The zero-order valence-electron chi connectivity index (χ0n) is 23.9. The molecule has 0 saturated heterocycles. The Balaban J connectivity index is 0.000000296. The third-order valence-electron chi connectivity index (χ3n) is 7.16. The van der Waals surface area contributed by atoms with Crippen LogP contribution in [0.1, 0.15) is 23.1 Å². The van der Waals surface area contributed by atoms with E-state index in [1.165, 1.54) is 34.4 Å². The van der Waals surface area contributed by atoms with Gasteiger partial charge in [0.25, 0.3) is 10.1 Å². The van der Waals surface area contributed by atoms with Gasteiger partial charge in [-0.3, -0.25) is 9.35 Å². The zero-order chi connectivity index (χ0) is 29.4. The monoisotopic (exact) mass is 570 g/mol. The number of anilines is 1. The summed E-state index contributed by atoms with van der Waals surface area (Å²) in [6, 6.07) is 33.3. The van der Waals surface area contributed by atoms with Crippen LogP contribution in [0.25, 0.3) is 11.1 Å². The summed E-state index contributed by atoms with van der Waals surface area (Å²) in [5.41, 5.74) is 6.97. The van der Waals surface area contributed by atoms with E-state index in [2.05, 4.69) is 85.7 Å². The second kappa shape index (κ2) is 13.7. The summed E-state index contributed by atoms with van der Waals surface area (Å²) in [6.45, 7) is 3.65. The number of rotatable bonds is 7. The molecule has 5 rings (SSSR count). The van der Waals surface area contributed by atoms with Crippen LogP contribution in [0, 0.1) is 12.8 Å². The van der Waals surface area contributed by atoms with Crippen LogP contribution in [0.2, 0.25) is 0 Å². The Labute approximate surface area is 244 Å². The zero-order valence-corrected chi connectivity index (χ0v) is 24.7. The van der Waals surface area contributed by atoms with E-state index in [1.807, 2.05) is 24.0 Å². The number of amides is 1. The average Bonchev–Trinajstić information content (AvgIpc) is 2.96. The highest BCUT2D eigenvalue weighted by atomic mass is 32.2. The Morgan fingerprint density at radius 2 is 1.46 bits per heavy atom. The molecule has 214 valence electrons. The third-order valence-corrected chi connectivity index (χ3v) is 8.03. The molecule has 0 aliphatic carbocycles. The van der Waals surface area contributed by atoms with Crippen molar-refractivity contribution in [3.63, 3.8) is 0 Å². The summed E-state index contributed by atoms with van der Waals surface area (Å²) >= 11 is 0. The first-order valence-electron chi connectivity index (χ1n) is 13.8. The van der Waals surface area contributed by atoms with Gasteiger partial charge in [0.15, 0.2) is 0 Å². The Hall–Kier alpha value is -3.78. The molecule has 1 aliphatic rings. The number of hydrogen-bond acceptors (Lipinski definition) is 4. The lowest BCUT2D eigenvalue weighted by Crippen LogP contribution is -2.43. The van der Waals surface area contributed by atoms with Crippen molar-refractivity contribution < 1.29 is 17.8 Å². The maximum absolute atomic E-state index is 13.2. The van der Waals surface area contributed by atoms with Gasteiger partial charge in [0.2, 0.25) is 5.91 Å². The van der Waals surface area contributed by atoms with E-state index in [4.69, 9.17) is 4.55 Å². The molecule has 1 unspecified atom stereocenters. The van der Waals surface area contributed by atoms with E-state index in [9.17, 15) is 13.2 Å². The standard InChI is InChI=1S/C27H30N2O.C7H8O3S/c1-28(2)19-22-18-25-10-6-7-11-26(25)29(20-22)27(30)17-14-21-12-15-24(16-13-21)23-8-4-3-5-9-23;1-6-2-4-7(5-3-6)11(8,9)10/h3-13,15-16,22H,14,17-20H2,1-2H3;2-5H,1H3,(H,8,9,10). The predicted molar refractivity (Wildman–Crippen MR) is 166 cm³/mol. The molecule has 0 radical (unpaired) electrons. The van der Waals surface area contributed by atoms with Gasteiger partial charge >= 0.3 is 0 Å². The minimum absolute atomic E-state index is 0.0666. The fraction of sp³-hybridized carbons (Fsp3) is 0.265. The number of carbonyl (C=O) groups excluding carboxylic acids is 1. The lowest BCUT2D eigenvalue weighted by molar-refractivity contribution is -0.118. The van der Waals surface area contributed by atoms with Gasteiger partial charge in [0, 0.05) is 25.2 Å². The van der Waals surface area contributed by atoms with Gasteiger partial charge in [-0.15, -0.1) is 0 Å². The van der Waals surface area contributed by atoms with Crippen molar-refractivity contribution in [1.29, 1.82) is 0 Å². The second-order valence-electron chi connectivity index (χ2n) is 10.8. The molecule has 6 nitrogen and oxygen atoms in total. The molecule has 4 aromatic carbocycles. The molecule has 1 N–H and O–H groups in total. The van der Waals surface area contributed by atoms with Crippen LogP contribution in [-0.2, 0) is 27.8 Å². The molecule has 1 aliphatic heterocycles. The van der Waals surface area contributed by atoms with E-state index < -0.39 is 10.1 Å². The van der Waals surface area contributed by atoms with Crippen LogP contribution in [0.4, 0.5) is 5.69 Å². The maximum Gasteiger partial charge on any atom is 0.294 e. The first-order chi connectivity index (χ1) is 19.6. The van der Waals surface area contributed by atoms with Crippen molar-refractivity contribution in [3.8, 4) is 11.1 Å². The summed E-state index contributed by atoms with van der Waals surface area (Å²) in [5.74, 6) is 0.696. The number of para-hydroxylation sites is 1. The van der Waals surface area contributed by atoms with Crippen molar-refractivity contribution in [1.82, 2.24) is 4.90 Å². The van der Waals surface area contributed by atoms with Gasteiger partial charge in [-0.2, -0.15) is 8.42 Å². The highest BCUT2D eigenvalue weighted by Gasteiger charge is 2.28. The van der Waals surface area contributed by atoms with Crippen LogP contribution < -0.4 is 4.90 Å². The number of aryl methyl sites for hydroxylation is 2. The smallest absolute Gasteiger partial charge is 0.294 e. The lowest BCUT2D eigenvalue weighted by Gasteiger charge is -2.36. The molecule has 1 atom stereocenters. The Morgan fingerprint density at radius 3 is 2.10 bits per heavy atom. The highest BCUT2D eigenvalue weighted by molar-refractivity contribution is 7.85.